The number of aromatic nitrogens is 1. The summed E-state index contributed by atoms with van der Waals surface area (Å²) in [5.74, 6) is -0.739. The Morgan fingerprint density at radius 1 is 1.38 bits per heavy atom. The lowest BCUT2D eigenvalue weighted by Crippen LogP contribution is -2.33. The molecule has 0 spiro atoms. The van der Waals surface area contributed by atoms with Crippen LogP contribution in [-0.4, -0.2) is 16.3 Å². The molecular formula is C11H11NO4. The monoisotopic (exact) mass is 221 g/mol. The van der Waals surface area contributed by atoms with Gasteiger partial charge in [-0.15, -0.1) is 0 Å². The first-order valence-corrected chi connectivity index (χ1v) is 4.89. The van der Waals surface area contributed by atoms with Gasteiger partial charge in [0.25, 0.3) is 5.56 Å². The van der Waals surface area contributed by atoms with Gasteiger partial charge in [0.15, 0.2) is 0 Å². The minimum absolute atomic E-state index is 0.0502. The van der Waals surface area contributed by atoms with Gasteiger partial charge in [0.1, 0.15) is 5.58 Å². The van der Waals surface area contributed by atoms with Gasteiger partial charge in [0.05, 0.1) is 18.5 Å². The number of aliphatic hydroxyl groups is 1. The number of benzene rings is 1. The molecule has 0 amide bonds. The van der Waals surface area contributed by atoms with Crippen LogP contribution in [0.4, 0.5) is 0 Å². The van der Waals surface area contributed by atoms with Crippen molar-refractivity contribution < 1.29 is 9.52 Å². The predicted molar refractivity (Wildman–Crippen MR) is 58.6 cm³/mol. The summed E-state index contributed by atoms with van der Waals surface area (Å²) in [6.07, 6.45) is 0. The summed E-state index contributed by atoms with van der Waals surface area (Å²) in [7, 11) is 0. The Bertz CT molecular complexity index is 638. The standard InChI is InChI=1S/C11H11NO4/c1-7-3-2-4-8-9(7)10(14)12(5-6-13)11(15)16-8/h2-4,13H,5-6H2,1H3. The third-order valence-corrected chi connectivity index (χ3v) is 2.43. The van der Waals surface area contributed by atoms with E-state index in [4.69, 9.17) is 9.52 Å². The Hall–Kier alpha value is -1.88. The molecule has 1 N–H and O–H groups in total. The molecule has 0 fully saturated rings. The number of aliphatic hydroxyl groups excluding tert-OH is 1. The van der Waals surface area contributed by atoms with Crippen molar-refractivity contribution in [2.24, 2.45) is 0 Å². The van der Waals surface area contributed by atoms with Crippen LogP contribution in [0.25, 0.3) is 11.0 Å². The number of hydrogen-bond acceptors (Lipinski definition) is 4. The molecule has 1 aromatic heterocycles. The Morgan fingerprint density at radius 2 is 2.12 bits per heavy atom. The zero-order valence-electron chi connectivity index (χ0n) is 8.77. The number of fused-ring (bicyclic) bond motifs is 1. The fourth-order valence-electron chi connectivity index (χ4n) is 1.66. The van der Waals surface area contributed by atoms with Crippen LogP contribution in [0.1, 0.15) is 5.56 Å². The van der Waals surface area contributed by atoms with Crippen LogP contribution in [0, 0.1) is 6.92 Å². The van der Waals surface area contributed by atoms with E-state index in [0.717, 1.165) is 10.1 Å². The molecule has 0 bridgehead atoms. The highest BCUT2D eigenvalue weighted by molar-refractivity contribution is 5.78. The van der Waals surface area contributed by atoms with Crippen molar-refractivity contribution in [2.75, 3.05) is 6.61 Å². The van der Waals surface area contributed by atoms with Gasteiger partial charge in [-0.1, -0.05) is 12.1 Å². The summed E-state index contributed by atoms with van der Waals surface area (Å²) in [5, 5.41) is 9.15. The van der Waals surface area contributed by atoms with E-state index in [1.54, 1.807) is 25.1 Å². The van der Waals surface area contributed by atoms with Gasteiger partial charge in [0, 0.05) is 0 Å². The maximum absolute atomic E-state index is 12.0. The Labute approximate surface area is 90.6 Å². The molecule has 84 valence electrons. The molecular weight excluding hydrogens is 210 g/mol. The van der Waals surface area contributed by atoms with E-state index >= 15 is 0 Å². The SMILES string of the molecule is Cc1cccc2oc(=O)n(CCO)c(=O)c12. The van der Waals surface area contributed by atoms with E-state index in [1.807, 2.05) is 0 Å². The van der Waals surface area contributed by atoms with Crippen molar-refractivity contribution in [3.63, 3.8) is 0 Å². The first kappa shape index (κ1) is 10.6. The number of hydrogen-bond donors (Lipinski definition) is 1. The van der Waals surface area contributed by atoms with Crippen molar-refractivity contribution in [2.45, 2.75) is 13.5 Å². The zero-order valence-corrected chi connectivity index (χ0v) is 8.77. The van der Waals surface area contributed by atoms with E-state index in [2.05, 4.69) is 0 Å². The summed E-state index contributed by atoms with van der Waals surface area (Å²) in [6.45, 7) is 1.44. The molecule has 0 saturated carbocycles. The predicted octanol–water partition coefficient (Wildman–Crippen LogP) is 0.255. The smallest absolute Gasteiger partial charge is 0.409 e. The fraction of sp³-hybridized carbons (Fsp3) is 0.273. The molecule has 2 aromatic rings. The van der Waals surface area contributed by atoms with Crippen LogP contribution in [0.2, 0.25) is 0 Å². The minimum Gasteiger partial charge on any atom is -0.409 e. The first-order chi connectivity index (χ1) is 7.65. The van der Waals surface area contributed by atoms with Gasteiger partial charge >= 0.3 is 5.76 Å². The fourth-order valence-corrected chi connectivity index (χ4v) is 1.66. The second-order valence-electron chi connectivity index (χ2n) is 3.50. The molecule has 0 aliphatic carbocycles. The highest BCUT2D eigenvalue weighted by Crippen LogP contribution is 2.11. The molecule has 5 heteroatoms. The Morgan fingerprint density at radius 3 is 2.81 bits per heavy atom. The first-order valence-electron chi connectivity index (χ1n) is 4.89. The van der Waals surface area contributed by atoms with Crippen molar-refractivity contribution in [3.05, 3.63) is 44.7 Å². The van der Waals surface area contributed by atoms with Gasteiger partial charge in [-0.05, 0) is 18.6 Å². The highest BCUT2D eigenvalue weighted by Gasteiger charge is 2.10. The second kappa shape index (κ2) is 3.94. The molecule has 0 unspecified atom stereocenters. The summed E-state index contributed by atoms with van der Waals surface area (Å²) in [6, 6.07) is 5.07. The van der Waals surface area contributed by atoms with Gasteiger partial charge < -0.3 is 9.52 Å². The number of rotatable bonds is 2. The van der Waals surface area contributed by atoms with E-state index < -0.39 is 11.3 Å². The van der Waals surface area contributed by atoms with Crippen LogP contribution in [0.3, 0.4) is 0 Å². The lowest BCUT2D eigenvalue weighted by atomic mass is 10.1. The molecule has 0 aliphatic heterocycles. The average molecular weight is 221 g/mol. The summed E-state index contributed by atoms with van der Waals surface area (Å²) in [5.41, 5.74) is 0.612. The third-order valence-electron chi connectivity index (χ3n) is 2.43. The average Bonchev–Trinajstić information content (AvgIpc) is 2.24. The van der Waals surface area contributed by atoms with Gasteiger partial charge in [-0.2, -0.15) is 0 Å². The number of nitrogens with zero attached hydrogens (tertiary/aromatic N) is 1. The normalized spacial score (nSPS) is 10.9. The maximum atomic E-state index is 12.0. The summed E-state index contributed by atoms with van der Waals surface area (Å²) >= 11 is 0. The van der Waals surface area contributed by atoms with Crippen molar-refractivity contribution in [3.8, 4) is 0 Å². The van der Waals surface area contributed by atoms with E-state index in [9.17, 15) is 9.59 Å². The van der Waals surface area contributed by atoms with Crippen molar-refractivity contribution in [1.29, 1.82) is 0 Å². The molecule has 16 heavy (non-hydrogen) atoms. The van der Waals surface area contributed by atoms with Gasteiger partial charge in [0.2, 0.25) is 0 Å². The summed E-state index contributed by atoms with van der Waals surface area (Å²) < 4.78 is 5.90. The Kier molecular flexibility index (Phi) is 2.62. The van der Waals surface area contributed by atoms with Crippen LogP contribution >= 0.6 is 0 Å². The molecule has 0 saturated heterocycles. The van der Waals surface area contributed by atoms with Crippen molar-refractivity contribution >= 4 is 11.0 Å². The third kappa shape index (κ3) is 1.55. The minimum atomic E-state index is -0.739. The largest absolute Gasteiger partial charge is 0.422 e. The van der Waals surface area contributed by atoms with Gasteiger partial charge in [-0.3, -0.25) is 4.79 Å². The van der Waals surface area contributed by atoms with E-state index in [-0.39, 0.29) is 18.7 Å². The lowest BCUT2D eigenvalue weighted by molar-refractivity contribution is 0.265. The molecule has 5 nitrogen and oxygen atoms in total. The molecule has 1 heterocycles. The molecule has 0 aliphatic rings. The second-order valence-corrected chi connectivity index (χ2v) is 3.50. The van der Waals surface area contributed by atoms with E-state index in [1.165, 1.54) is 0 Å². The van der Waals surface area contributed by atoms with Crippen molar-refractivity contribution in [1.82, 2.24) is 4.57 Å². The van der Waals surface area contributed by atoms with Crippen LogP contribution in [-0.2, 0) is 6.54 Å². The van der Waals surface area contributed by atoms with Crippen LogP contribution < -0.4 is 11.3 Å². The van der Waals surface area contributed by atoms with E-state index in [0.29, 0.717) is 5.39 Å². The molecule has 2 rings (SSSR count). The maximum Gasteiger partial charge on any atom is 0.422 e. The topological polar surface area (TPSA) is 72.4 Å². The Balaban J connectivity index is 2.92. The van der Waals surface area contributed by atoms with Crippen LogP contribution in [0.15, 0.2) is 32.2 Å². The van der Waals surface area contributed by atoms with Gasteiger partial charge in [-0.25, -0.2) is 9.36 Å². The zero-order chi connectivity index (χ0) is 11.7. The molecule has 0 atom stereocenters. The van der Waals surface area contributed by atoms with Crippen LogP contribution in [0.5, 0.6) is 0 Å². The molecule has 0 radical (unpaired) electrons. The summed E-state index contributed by atoms with van der Waals surface area (Å²) in [4.78, 5) is 23.4. The number of aryl methyl sites for hydroxylation is 1. The highest BCUT2D eigenvalue weighted by atomic mass is 16.4. The molecule has 1 aromatic carbocycles. The quantitative estimate of drug-likeness (QED) is 0.789. The lowest BCUT2D eigenvalue weighted by Gasteiger charge is -2.04.